The molecule has 2 rings (SSSR count). The molecule has 1 amide bonds. The second kappa shape index (κ2) is 8.23. The number of carbonyl (C=O) groups is 1. The summed E-state index contributed by atoms with van der Waals surface area (Å²) < 4.78 is 0. The standard InChI is InChI=1S/C19H16N6OS/c1-11-4-6-12(7-5-11)16-13(8-20)17(23)24-18(14(16)9-21)27-15(10-22)19(26)25(2)3/h4-7,15H,1-3H3,(H2,23,24). The number of amides is 1. The Balaban J connectivity index is 2.70. The van der Waals surface area contributed by atoms with Crippen molar-refractivity contribution < 1.29 is 4.79 Å². The number of hydrogen-bond acceptors (Lipinski definition) is 7. The second-order valence-corrected chi connectivity index (χ2v) is 6.97. The number of nitrogens with zero attached hydrogens (tertiary/aromatic N) is 5. The van der Waals surface area contributed by atoms with Gasteiger partial charge in [-0.05, 0) is 12.5 Å². The molecule has 7 nitrogen and oxygen atoms in total. The van der Waals surface area contributed by atoms with Crippen molar-refractivity contribution in [3.8, 4) is 29.3 Å². The molecule has 1 heterocycles. The minimum absolute atomic E-state index is 0.0523. The second-order valence-electron chi connectivity index (χ2n) is 5.88. The van der Waals surface area contributed by atoms with E-state index in [4.69, 9.17) is 5.73 Å². The Labute approximate surface area is 161 Å². The highest BCUT2D eigenvalue weighted by atomic mass is 32.2. The van der Waals surface area contributed by atoms with Gasteiger partial charge in [0, 0.05) is 19.7 Å². The molecule has 1 atom stereocenters. The van der Waals surface area contributed by atoms with Crippen LogP contribution in [0.15, 0.2) is 29.3 Å². The molecule has 0 radical (unpaired) electrons. The van der Waals surface area contributed by atoms with Crippen molar-refractivity contribution in [2.75, 3.05) is 19.8 Å². The molecule has 0 fully saturated rings. The van der Waals surface area contributed by atoms with Crippen molar-refractivity contribution in [1.82, 2.24) is 9.88 Å². The summed E-state index contributed by atoms with van der Waals surface area (Å²) in [6.45, 7) is 1.92. The van der Waals surface area contributed by atoms with Crippen molar-refractivity contribution in [2.24, 2.45) is 0 Å². The van der Waals surface area contributed by atoms with Crippen molar-refractivity contribution in [1.29, 1.82) is 15.8 Å². The Kier molecular flexibility index (Phi) is 6.03. The molecule has 1 aromatic heterocycles. The monoisotopic (exact) mass is 376 g/mol. The number of hydrogen-bond donors (Lipinski definition) is 1. The lowest BCUT2D eigenvalue weighted by Crippen LogP contribution is -2.30. The number of nitrogen functional groups attached to an aromatic ring is 1. The van der Waals surface area contributed by atoms with Crippen LogP contribution in [0, 0.1) is 40.9 Å². The number of carbonyl (C=O) groups excluding carboxylic acids is 1. The van der Waals surface area contributed by atoms with Crippen LogP contribution >= 0.6 is 11.8 Å². The molecule has 0 spiro atoms. The first-order valence-corrected chi connectivity index (χ1v) is 8.70. The Hall–Kier alpha value is -3.54. The maximum Gasteiger partial charge on any atom is 0.250 e. The van der Waals surface area contributed by atoms with Crippen LogP contribution in [-0.2, 0) is 4.79 Å². The van der Waals surface area contributed by atoms with Crippen LogP contribution in [0.4, 0.5) is 5.82 Å². The van der Waals surface area contributed by atoms with Crippen molar-refractivity contribution in [3.63, 3.8) is 0 Å². The quantitative estimate of drug-likeness (QED) is 0.811. The number of aromatic nitrogens is 1. The van der Waals surface area contributed by atoms with Crippen LogP contribution in [0.1, 0.15) is 16.7 Å². The smallest absolute Gasteiger partial charge is 0.250 e. The van der Waals surface area contributed by atoms with Crippen molar-refractivity contribution >= 4 is 23.5 Å². The van der Waals surface area contributed by atoms with Crippen molar-refractivity contribution in [2.45, 2.75) is 17.2 Å². The number of benzene rings is 1. The lowest BCUT2D eigenvalue weighted by Gasteiger charge is -2.17. The third kappa shape index (κ3) is 4.00. The maximum atomic E-state index is 12.2. The first kappa shape index (κ1) is 19.8. The van der Waals surface area contributed by atoms with Gasteiger partial charge >= 0.3 is 0 Å². The van der Waals surface area contributed by atoms with E-state index in [1.165, 1.54) is 19.0 Å². The van der Waals surface area contributed by atoms with E-state index in [0.29, 0.717) is 11.1 Å². The summed E-state index contributed by atoms with van der Waals surface area (Å²) in [7, 11) is 3.08. The minimum Gasteiger partial charge on any atom is -0.383 e. The van der Waals surface area contributed by atoms with Gasteiger partial charge in [-0.2, -0.15) is 15.8 Å². The van der Waals surface area contributed by atoms with Crippen LogP contribution < -0.4 is 5.73 Å². The van der Waals surface area contributed by atoms with E-state index in [9.17, 15) is 20.6 Å². The summed E-state index contributed by atoms with van der Waals surface area (Å²) in [4.78, 5) is 17.6. The molecule has 0 aliphatic rings. The predicted octanol–water partition coefficient (Wildman–Crippen LogP) is 2.46. The topological polar surface area (TPSA) is 131 Å². The maximum absolute atomic E-state index is 12.2. The number of anilines is 1. The zero-order valence-corrected chi connectivity index (χ0v) is 15.8. The third-order valence-electron chi connectivity index (χ3n) is 3.77. The van der Waals surface area contributed by atoms with E-state index in [2.05, 4.69) is 11.1 Å². The Morgan fingerprint density at radius 2 is 1.74 bits per heavy atom. The highest BCUT2D eigenvalue weighted by Crippen LogP contribution is 2.37. The molecule has 27 heavy (non-hydrogen) atoms. The van der Waals surface area contributed by atoms with Gasteiger partial charge in [0.15, 0.2) is 5.25 Å². The average molecular weight is 376 g/mol. The first-order chi connectivity index (χ1) is 12.8. The molecule has 1 aromatic carbocycles. The number of aryl methyl sites for hydroxylation is 1. The largest absolute Gasteiger partial charge is 0.383 e. The first-order valence-electron chi connectivity index (χ1n) is 7.82. The highest BCUT2D eigenvalue weighted by molar-refractivity contribution is 8.00. The van der Waals surface area contributed by atoms with Gasteiger partial charge < -0.3 is 10.6 Å². The molecule has 0 aliphatic carbocycles. The zero-order chi connectivity index (χ0) is 20.1. The summed E-state index contributed by atoms with van der Waals surface area (Å²) in [6.07, 6.45) is 0. The van der Waals surface area contributed by atoms with Gasteiger partial charge in [-0.1, -0.05) is 41.6 Å². The lowest BCUT2D eigenvalue weighted by molar-refractivity contribution is -0.127. The molecular formula is C19H16N6OS. The van der Waals surface area contributed by atoms with E-state index in [1.54, 1.807) is 12.1 Å². The van der Waals surface area contributed by atoms with E-state index in [1.807, 2.05) is 31.2 Å². The minimum atomic E-state index is -1.09. The third-order valence-corrected chi connectivity index (χ3v) is 4.83. The fourth-order valence-corrected chi connectivity index (χ4v) is 3.37. The van der Waals surface area contributed by atoms with E-state index in [-0.39, 0.29) is 22.0 Å². The summed E-state index contributed by atoms with van der Waals surface area (Å²) >= 11 is 0.846. The predicted molar refractivity (Wildman–Crippen MR) is 102 cm³/mol. The van der Waals surface area contributed by atoms with Gasteiger partial charge in [0.25, 0.3) is 0 Å². The fraction of sp³-hybridized carbons (Fsp3) is 0.211. The Morgan fingerprint density at radius 1 is 1.15 bits per heavy atom. The van der Waals surface area contributed by atoms with Gasteiger partial charge in [0.1, 0.15) is 28.5 Å². The van der Waals surface area contributed by atoms with Gasteiger partial charge in [0.05, 0.1) is 11.6 Å². The molecule has 0 saturated carbocycles. The lowest BCUT2D eigenvalue weighted by atomic mass is 9.96. The zero-order valence-electron chi connectivity index (χ0n) is 15.0. The summed E-state index contributed by atoms with van der Waals surface area (Å²) in [5.41, 5.74) is 8.15. The molecule has 0 aliphatic heterocycles. The van der Waals surface area contributed by atoms with Crippen molar-refractivity contribution in [3.05, 3.63) is 41.0 Å². The number of nitriles is 3. The SMILES string of the molecule is Cc1ccc(-c2c(C#N)c(N)nc(SC(C#N)C(=O)N(C)C)c2C#N)cc1. The molecule has 2 N–H and O–H groups in total. The molecule has 0 saturated heterocycles. The average Bonchev–Trinajstić information content (AvgIpc) is 2.65. The van der Waals surface area contributed by atoms with Gasteiger partial charge in [0.2, 0.25) is 5.91 Å². The molecule has 8 heteroatoms. The number of pyridine rings is 1. The van der Waals surface area contributed by atoms with E-state index >= 15 is 0 Å². The molecular weight excluding hydrogens is 360 g/mol. The number of thioether (sulfide) groups is 1. The van der Waals surface area contributed by atoms with Crippen LogP contribution in [0.2, 0.25) is 0 Å². The van der Waals surface area contributed by atoms with Crippen LogP contribution in [0.5, 0.6) is 0 Å². The van der Waals surface area contributed by atoms with Gasteiger partial charge in [-0.25, -0.2) is 4.98 Å². The number of nitrogens with two attached hydrogens (primary N) is 1. The molecule has 0 bridgehead atoms. The normalized spacial score (nSPS) is 11.0. The fourth-order valence-electron chi connectivity index (χ4n) is 2.37. The Bertz CT molecular complexity index is 1010. The summed E-state index contributed by atoms with van der Waals surface area (Å²) in [6, 6.07) is 13.2. The van der Waals surface area contributed by atoms with Crippen LogP contribution in [0.25, 0.3) is 11.1 Å². The molecule has 134 valence electrons. The van der Waals surface area contributed by atoms with Gasteiger partial charge in [-0.3, -0.25) is 4.79 Å². The van der Waals surface area contributed by atoms with Crippen LogP contribution in [-0.4, -0.2) is 35.1 Å². The Morgan fingerprint density at radius 3 is 2.22 bits per heavy atom. The number of rotatable bonds is 4. The van der Waals surface area contributed by atoms with Gasteiger partial charge in [-0.15, -0.1) is 0 Å². The molecule has 2 aromatic rings. The summed E-state index contributed by atoms with van der Waals surface area (Å²) in [5.74, 6) is -0.475. The van der Waals surface area contributed by atoms with E-state index < -0.39 is 11.2 Å². The van der Waals surface area contributed by atoms with Crippen LogP contribution in [0.3, 0.4) is 0 Å². The highest BCUT2D eigenvalue weighted by Gasteiger charge is 2.27. The van der Waals surface area contributed by atoms with E-state index in [0.717, 1.165) is 17.3 Å². The molecule has 1 unspecified atom stereocenters. The summed E-state index contributed by atoms with van der Waals surface area (Å²) in [5, 5.41) is 27.6.